The first-order valence-electron chi connectivity index (χ1n) is 31.6. The Morgan fingerprint density at radius 2 is 0.671 bits per heavy atom. The van der Waals surface area contributed by atoms with E-state index in [-0.39, 0.29) is 18.5 Å². The average Bonchev–Trinajstić information content (AvgIpc) is 3.36. The molecule has 0 aromatic heterocycles. The van der Waals surface area contributed by atoms with Crippen LogP contribution in [0.2, 0.25) is 0 Å². The Hall–Kier alpha value is -1.66. The number of unbranched alkanes of at least 4 members (excludes halogenated alkanes) is 46. The zero-order valence-corrected chi connectivity index (χ0v) is 47.3. The van der Waals surface area contributed by atoms with E-state index < -0.39 is 12.1 Å². The minimum Gasteiger partial charge on any atom is -0.466 e. The van der Waals surface area contributed by atoms with Crippen LogP contribution in [-0.2, 0) is 14.3 Å². The van der Waals surface area contributed by atoms with Gasteiger partial charge in [0.15, 0.2) is 0 Å². The zero-order valence-electron chi connectivity index (χ0n) is 47.3. The number of rotatable bonds is 59. The summed E-state index contributed by atoms with van der Waals surface area (Å²) >= 11 is 0. The highest BCUT2D eigenvalue weighted by Gasteiger charge is 2.18. The molecule has 0 fully saturated rings. The quantitative estimate of drug-likeness (QED) is 0.0321. The normalized spacial score (nSPS) is 12.7. The molecule has 2 atom stereocenters. The molecule has 0 heterocycles. The van der Waals surface area contributed by atoms with Crippen molar-refractivity contribution in [3.63, 3.8) is 0 Å². The van der Waals surface area contributed by atoms with Crippen molar-refractivity contribution in [2.75, 3.05) is 13.2 Å². The number of nitrogens with one attached hydrogen (secondary N) is 1. The van der Waals surface area contributed by atoms with Crippen molar-refractivity contribution in [3.8, 4) is 0 Å². The molecule has 0 bridgehead atoms. The summed E-state index contributed by atoms with van der Waals surface area (Å²) in [4.78, 5) is 24.5. The fraction of sp³-hybridized carbons (Fsp3) is 0.906. The van der Waals surface area contributed by atoms with E-state index in [9.17, 15) is 19.8 Å². The summed E-state index contributed by atoms with van der Waals surface area (Å²) in [5, 5.41) is 23.2. The highest BCUT2D eigenvalue weighted by Crippen LogP contribution is 2.17. The minimum absolute atomic E-state index is 0.0130. The minimum atomic E-state index is -0.846. The second-order valence-electron chi connectivity index (χ2n) is 21.7. The number of carbonyl (C=O) groups is 2. The summed E-state index contributed by atoms with van der Waals surface area (Å²) < 4.78 is 5.47. The molecule has 0 aliphatic rings. The van der Waals surface area contributed by atoms with Gasteiger partial charge in [-0.3, -0.25) is 9.59 Å². The van der Waals surface area contributed by atoms with Gasteiger partial charge in [-0.05, 0) is 57.8 Å². The van der Waals surface area contributed by atoms with Gasteiger partial charge in [0.05, 0.1) is 25.4 Å². The molecular weight excluding hydrogens is 863 g/mol. The fourth-order valence-electron chi connectivity index (χ4n) is 9.87. The Morgan fingerprint density at radius 3 is 1.01 bits per heavy atom. The Labute approximate surface area is 437 Å². The summed E-state index contributed by atoms with van der Waals surface area (Å²) in [6.07, 6.45) is 73.7. The van der Waals surface area contributed by atoms with Gasteiger partial charge in [0, 0.05) is 12.8 Å². The van der Waals surface area contributed by atoms with E-state index in [1.54, 1.807) is 6.08 Å². The van der Waals surface area contributed by atoms with Crippen molar-refractivity contribution in [2.45, 2.75) is 360 Å². The predicted octanol–water partition coefficient (Wildman–Crippen LogP) is 19.8. The van der Waals surface area contributed by atoms with Crippen molar-refractivity contribution in [1.82, 2.24) is 5.32 Å². The first-order valence-corrected chi connectivity index (χ1v) is 31.6. The molecule has 1 amide bonds. The van der Waals surface area contributed by atoms with Crippen LogP contribution in [0, 0.1) is 0 Å². The van der Waals surface area contributed by atoms with Crippen molar-refractivity contribution in [3.05, 3.63) is 24.3 Å². The molecule has 0 aromatic carbocycles. The number of carbonyl (C=O) groups excluding carboxylic acids is 2. The van der Waals surface area contributed by atoms with E-state index in [2.05, 4.69) is 31.3 Å². The number of hydrogen-bond donors (Lipinski definition) is 3. The maximum absolute atomic E-state index is 12.5. The van der Waals surface area contributed by atoms with E-state index >= 15 is 0 Å². The predicted molar refractivity (Wildman–Crippen MR) is 306 cm³/mol. The van der Waals surface area contributed by atoms with Gasteiger partial charge in [-0.1, -0.05) is 301 Å². The lowest BCUT2D eigenvalue weighted by atomic mass is 10.0. The zero-order chi connectivity index (χ0) is 50.7. The number of hydrogen-bond acceptors (Lipinski definition) is 5. The number of aliphatic hydroxyl groups is 2. The van der Waals surface area contributed by atoms with Crippen LogP contribution >= 0.6 is 0 Å². The largest absolute Gasteiger partial charge is 0.466 e. The molecule has 70 heavy (non-hydrogen) atoms. The lowest BCUT2D eigenvalue weighted by Gasteiger charge is -2.20. The maximum Gasteiger partial charge on any atom is 0.305 e. The van der Waals surface area contributed by atoms with E-state index in [0.717, 1.165) is 38.5 Å². The number of ether oxygens (including phenoxy) is 1. The van der Waals surface area contributed by atoms with Gasteiger partial charge < -0.3 is 20.3 Å². The van der Waals surface area contributed by atoms with Gasteiger partial charge in [-0.25, -0.2) is 0 Å². The fourth-order valence-corrected chi connectivity index (χ4v) is 9.87. The Bertz CT molecular complexity index is 1090. The molecule has 0 aliphatic carbocycles. The Balaban J connectivity index is 3.42. The van der Waals surface area contributed by atoms with Crippen LogP contribution in [0.1, 0.15) is 348 Å². The molecule has 0 spiro atoms. The lowest BCUT2D eigenvalue weighted by molar-refractivity contribution is -0.143. The molecule has 6 nitrogen and oxygen atoms in total. The first kappa shape index (κ1) is 68.3. The first-order chi connectivity index (χ1) is 34.5. The topological polar surface area (TPSA) is 95.9 Å². The molecule has 414 valence electrons. The second kappa shape index (κ2) is 59.9. The van der Waals surface area contributed by atoms with Gasteiger partial charge in [0.1, 0.15) is 0 Å². The summed E-state index contributed by atoms with van der Waals surface area (Å²) in [5.74, 6) is -0.0557. The average molecular weight is 987 g/mol. The van der Waals surface area contributed by atoms with Crippen molar-refractivity contribution in [1.29, 1.82) is 0 Å². The van der Waals surface area contributed by atoms with E-state index in [4.69, 9.17) is 4.74 Å². The number of aliphatic hydroxyl groups excluding tert-OH is 2. The Morgan fingerprint density at radius 1 is 0.386 bits per heavy atom. The summed E-state index contributed by atoms with van der Waals surface area (Å²) in [6, 6.07) is -0.630. The molecule has 0 rings (SSSR count). The molecule has 2 unspecified atom stereocenters. The van der Waals surface area contributed by atoms with Gasteiger partial charge in [-0.2, -0.15) is 0 Å². The molecular formula is C64H123NO5. The second-order valence-corrected chi connectivity index (χ2v) is 21.7. The van der Waals surface area contributed by atoms with Crippen LogP contribution in [0.3, 0.4) is 0 Å². The van der Waals surface area contributed by atoms with Gasteiger partial charge in [-0.15, -0.1) is 0 Å². The third kappa shape index (κ3) is 55.7. The number of allylic oxidation sites excluding steroid dienone is 3. The van der Waals surface area contributed by atoms with Crippen molar-refractivity contribution < 1.29 is 24.5 Å². The Kier molecular flexibility index (Phi) is 58.5. The molecule has 0 aromatic rings. The van der Waals surface area contributed by atoms with Crippen LogP contribution in [0.5, 0.6) is 0 Å². The van der Waals surface area contributed by atoms with Gasteiger partial charge in [0.25, 0.3) is 0 Å². The standard InChI is InChI=1S/C64H123NO5/c1-3-5-7-9-11-13-15-16-17-27-30-33-37-40-44-48-52-56-62(67)61(60-66)65-63(68)57-53-49-45-41-38-34-31-28-25-23-21-19-18-20-22-24-26-29-32-35-39-43-47-51-55-59-70-64(69)58-54-50-46-42-36-14-12-10-8-6-4-2/h19,21,52,56,61-62,66-67H,3-18,20,22-51,53-55,57-60H2,1-2H3,(H,65,68)/b21-19-,56-52+. The maximum atomic E-state index is 12.5. The van der Waals surface area contributed by atoms with Crippen LogP contribution in [-0.4, -0.2) is 47.4 Å². The van der Waals surface area contributed by atoms with Crippen LogP contribution in [0.25, 0.3) is 0 Å². The molecule has 0 radical (unpaired) electrons. The van der Waals surface area contributed by atoms with Crippen LogP contribution in [0.4, 0.5) is 0 Å². The molecule has 0 saturated heterocycles. The van der Waals surface area contributed by atoms with Gasteiger partial charge in [0.2, 0.25) is 5.91 Å². The van der Waals surface area contributed by atoms with E-state index in [1.165, 1.54) is 283 Å². The summed E-state index contributed by atoms with van der Waals surface area (Å²) in [5.41, 5.74) is 0. The summed E-state index contributed by atoms with van der Waals surface area (Å²) in [6.45, 7) is 4.92. The van der Waals surface area contributed by atoms with E-state index in [1.807, 2.05) is 6.08 Å². The van der Waals surface area contributed by atoms with Crippen LogP contribution < -0.4 is 5.32 Å². The third-order valence-corrected chi connectivity index (χ3v) is 14.7. The number of esters is 1. The summed E-state index contributed by atoms with van der Waals surface area (Å²) in [7, 11) is 0. The van der Waals surface area contributed by atoms with Gasteiger partial charge >= 0.3 is 5.97 Å². The molecule has 3 N–H and O–H groups in total. The van der Waals surface area contributed by atoms with E-state index in [0.29, 0.717) is 19.4 Å². The smallest absolute Gasteiger partial charge is 0.305 e. The lowest BCUT2D eigenvalue weighted by Crippen LogP contribution is -2.45. The highest BCUT2D eigenvalue weighted by atomic mass is 16.5. The monoisotopic (exact) mass is 986 g/mol. The van der Waals surface area contributed by atoms with Crippen molar-refractivity contribution >= 4 is 11.9 Å². The van der Waals surface area contributed by atoms with Crippen molar-refractivity contribution in [2.24, 2.45) is 0 Å². The van der Waals surface area contributed by atoms with Crippen LogP contribution in [0.15, 0.2) is 24.3 Å². The number of amides is 1. The highest BCUT2D eigenvalue weighted by molar-refractivity contribution is 5.76. The SMILES string of the molecule is CCCCCCCCCCCCCCCCC/C=C/C(O)C(CO)NC(=O)CCCCCCCCCCC/C=C\CCCCCCCCCCCCCCOC(=O)CCCCCCCCCCCCC. The molecule has 0 saturated carbocycles. The molecule has 0 aliphatic heterocycles. The molecule has 6 heteroatoms. The third-order valence-electron chi connectivity index (χ3n) is 14.7.